The van der Waals surface area contributed by atoms with Gasteiger partial charge in [0, 0.05) is 42.4 Å². The van der Waals surface area contributed by atoms with E-state index >= 15 is 4.39 Å². The number of anilines is 2. The van der Waals surface area contributed by atoms with Crippen molar-refractivity contribution in [2.45, 2.75) is 57.7 Å². The van der Waals surface area contributed by atoms with Crippen molar-refractivity contribution in [1.82, 2.24) is 14.9 Å². The molecule has 2 aromatic carbocycles. The third-order valence-electron chi connectivity index (χ3n) is 9.79. The van der Waals surface area contributed by atoms with Gasteiger partial charge in [0.25, 0.3) is 0 Å². The first-order valence-corrected chi connectivity index (χ1v) is 16.7. The number of alkyl halides is 1. The van der Waals surface area contributed by atoms with E-state index in [0.717, 1.165) is 56.7 Å². The largest absolute Gasteiger partial charge is 0.461 e. The molecule has 7 rings (SSSR count). The average Bonchev–Trinajstić information content (AvgIpc) is 3.60. The first-order chi connectivity index (χ1) is 21.6. The van der Waals surface area contributed by atoms with E-state index in [4.69, 9.17) is 27.1 Å². The molecule has 236 valence electrons. The van der Waals surface area contributed by atoms with E-state index in [1.165, 1.54) is 12.1 Å². The van der Waals surface area contributed by atoms with Crippen LogP contribution in [0.5, 0.6) is 6.01 Å². The zero-order chi connectivity index (χ0) is 31.6. The van der Waals surface area contributed by atoms with Crippen LogP contribution < -0.4 is 15.4 Å². The minimum Gasteiger partial charge on any atom is -0.461 e. The molecule has 0 bridgehead atoms. The summed E-state index contributed by atoms with van der Waals surface area (Å²) in [6.07, 6.45) is 3.38. The summed E-state index contributed by atoms with van der Waals surface area (Å²) in [5, 5.41) is 10.7. The summed E-state index contributed by atoms with van der Waals surface area (Å²) in [6, 6.07) is 6.34. The van der Waals surface area contributed by atoms with E-state index in [2.05, 4.69) is 28.6 Å². The molecule has 0 amide bonds. The summed E-state index contributed by atoms with van der Waals surface area (Å²) < 4.78 is 52.7. The molecule has 0 aliphatic carbocycles. The number of thiophene rings is 1. The number of fused-ring (bicyclic) bond motifs is 3. The molecule has 3 fully saturated rings. The third-order valence-corrected chi connectivity index (χ3v) is 11.1. The maximum Gasteiger partial charge on any atom is 0.319 e. The van der Waals surface area contributed by atoms with Crippen molar-refractivity contribution in [3.05, 3.63) is 40.4 Å². The monoisotopic (exact) mass is 654 g/mol. The van der Waals surface area contributed by atoms with Gasteiger partial charge in [-0.2, -0.15) is 15.2 Å². The van der Waals surface area contributed by atoms with Crippen LogP contribution in [0, 0.1) is 34.8 Å². The van der Waals surface area contributed by atoms with E-state index in [1.807, 2.05) is 6.07 Å². The number of nitriles is 1. The van der Waals surface area contributed by atoms with Gasteiger partial charge in [-0.05, 0) is 61.8 Å². The first kappa shape index (κ1) is 30.3. The Hall–Kier alpha value is -3.33. The molecule has 2 N–H and O–H groups in total. The molecule has 7 nitrogen and oxygen atoms in total. The summed E-state index contributed by atoms with van der Waals surface area (Å²) in [7, 11) is 0. The van der Waals surface area contributed by atoms with Gasteiger partial charge in [0.1, 0.15) is 41.0 Å². The number of benzene rings is 2. The van der Waals surface area contributed by atoms with E-state index in [1.54, 1.807) is 6.07 Å². The predicted octanol–water partition coefficient (Wildman–Crippen LogP) is 7.72. The summed E-state index contributed by atoms with van der Waals surface area (Å²) in [6.45, 7) is 7.23. The van der Waals surface area contributed by atoms with E-state index < -0.39 is 23.3 Å². The number of nitrogen functional groups attached to an aromatic ring is 1. The van der Waals surface area contributed by atoms with Crippen LogP contribution in [0.25, 0.3) is 32.1 Å². The maximum absolute atomic E-state index is 16.9. The van der Waals surface area contributed by atoms with Crippen molar-refractivity contribution < 1.29 is 17.9 Å². The molecule has 2 unspecified atom stereocenters. The topological polar surface area (TPSA) is 91.3 Å². The molecule has 4 aromatic rings. The van der Waals surface area contributed by atoms with Crippen LogP contribution in [0.15, 0.2) is 18.2 Å². The summed E-state index contributed by atoms with van der Waals surface area (Å²) in [5.41, 5.74) is 5.96. The fourth-order valence-corrected chi connectivity index (χ4v) is 8.86. The normalized spacial score (nSPS) is 25.5. The van der Waals surface area contributed by atoms with Gasteiger partial charge >= 0.3 is 6.01 Å². The summed E-state index contributed by atoms with van der Waals surface area (Å²) in [5.74, 6) is 0.0115. The molecule has 0 spiro atoms. The Morgan fingerprint density at radius 2 is 1.93 bits per heavy atom. The Balaban J connectivity index is 1.41. The lowest BCUT2D eigenvalue weighted by molar-refractivity contribution is 0.107. The molecule has 2 aromatic heterocycles. The second-order valence-electron chi connectivity index (χ2n) is 13.1. The lowest BCUT2D eigenvalue weighted by atomic mass is 9.95. The third kappa shape index (κ3) is 5.15. The highest BCUT2D eigenvalue weighted by molar-refractivity contribution is 7.23. The smallest absolute Gasteiger partial charge is 0.319 e. The van der Waals surface area contributed by atoms with Gasteiger partial charge in [-0.15, -0.1) is 11.3 Å². The number of halogens is 4. The van der Waals surface area contributed by atoms with Crippen molar-refractivity contribution >= 4 is 54.7 Å². The van der Waals surface area contributed by atoms with Gasteiger partial charge in [0.2, 0.25) is 0 Å². The van der Waals surface area contributed by atoms with Crippen molar-refractivity contribution in [2.24, 2.45) is 11.8 Å². The van der Waals surface area contributed by atoms with Crippen LogP contribution in [0.4, 0.5) is 24.0 Å². The highest BCUT2D eigenvalue weighted by Gasteiger charge is 2.49. The quantitative estimate of drug-likeness (QED) is 0.236. The Labute approximate surface area is 268 Å². The number of aromatic nitrogens is 2. The predicted molar refractivity (Wildman–Crippen MR) is 173 cm³/mol. The maximum atomic E-state index is 16.9. The first-order valence-electron chi connectivity index (χ1n) is 15.5. The second kappa shape index (κ2) is 11.5. The van der Waals surface area contributed by atoms with Gasteiger partial charge in [-0.1, -0.05) is 31.5 Å². The molecule has 0 radical (unpaired) electrons. The fraction of sp³-hybridized carbons (Fsp3) is 0.485. The van der Waals surface area contributed by atoms with Crippen LogP contribution >= 0.6 is 22.9 Å². The fourth-order valence-electron chi connectivity index (χ4n) is 7.62. The molecule has 3 aliphatic rings. The van der Waals surface area contributed by atoms with E-state index in [0.29, 0.717) is 36.0 Å². The zero-order valence-corrected chi connectivity index (χ0v) is 26.7. The molecular formula is C33H34ClF3N6OS. The lowest BCUT2D eigenvalue weighted by Gasteiger charge is -2.31. The van der Waals surface area contributed by atoms with Gasteiger partial charge < -0.3 is 15.4 Å². The zero-order valence-electron chi connectivity index (χ0n) is 25.2. The molecular weight excluding hydrogens is 621 g/mol. The van der Waals surface area contributed by atoms with E-state index in [-0.39, 0.29) is 54.9 Å². The lowest BCUT2D eigenvalue weighted by Crippen LogP contribution is -2.43. The minimum atomic E-state index is -0.916. The average molecular weight is 655 g/mol. The number of hydrogen-bond acceptors (Lipinski definition) is 8. The highest BCUT2D eigenvalue weighted by atomic mass is 35.5. The van der Waals surface area contributed by atoms with Crippen LogP contribution in [-0.2, 0) is 0 Å². The molecule has 4 atom stereocenters. The van der Waals surface area contributed by atoms with Gasteiger partial charge in [-0.25, -0.2) is 13.2 Å². The van der Waals surface area contributed by atoms with Crippen LogP contribution in [0.2, 0.25) is 5.02 Å². The van der Waals surface area contributed by atoms with Crippen molar-refractivity contribution in [2.75, 3.05) is 43.4 Å². The van der Waals surface area contributed by atoms with Gasteiger partial charge in [0.05, 0.1) is 20.8 Å². The highest BCUT2D eigenvalue weighted by Crippen LogP contribution is 2.46. The Morgan fingerprint density at radius 3 is 2.67 bits per heavy atom. The molecule has 45 heavy (non-hydrogen) atoms. The second-order valence-corrected chi connectivity index (χ2v) is 14.5. The van der Waals surface area contributed by atoms with Crippen LogP contribution in [0.1, 0.15) is 51.5 Å². The number of rotatable bonds is 5. The van der Waals surface area contributed by atoms with Crippen molar-refractivity contribution in [3.63, 3.8) is 0 Å². The van der Waals surface area contributed by atoms with Crippen molar-refractivity contribution in [1.29, 1.82) is 5.26 Å². The Bertz CT molecular complexity index is 1850. The number of nitrogens with zero attached hydrogens (tertiary/aromatic N) is 5. The summed E-state index contributed by atoms with van der Waals surface area (Å²) >= 11 is 7.79. The van der Waals surface area contributed by atoms with Crippen molar-refractivity contribution in [3.8, 4) is 23.2 Å². The molecule has 5 heterocycles. The molecule has 12 heteroatoms. The number of ether oxygens (including phenoxy) is 1. The standard InChI is InChI=1S/C33H34ClF3N6OS/c1-17-4-5-18(2)14-42(13-17)31-21-10-23(34)26(20-6-7-24(36)29-25(20)22(12-38)30(39)45-29)27(37)28(21)40-32(41-31)44-16-33-8-3-9-43(33)15-19(35)11-33/h6-7,10,17-19H,3-5,8-9,11,13-16,39H2,1-2H3/t17?,18?,19-,33+/m1/s1. The molecule has 3 aliphatic heterocycles. The molecule has 0 saturated carbocycles. The van der Waals surface area contributed by atoms with Crippen LogP contribution in [0.3, 0.4) is 0 Å². The Kier molecular flexibility index (Phi) is 7.74. The van der Waals surface area contributed by atoms with E-state index in [9.17, 15) is 14.0 Å². The number of hydrogen-bond donors (Lipinski definition) is 1. The van der Waals surface area contributed by atoms with Gasteiger partial charge in [0.15, 0.2) is 5.82 Å². The molecule has 3 saturated heterocycles. The SMILES string of the molecule is CC1CCC(C)CN(c2nc(OC[C@@]34CCCN3C[C@H](F)C4)nc3c(F)c(-c4ccc(F)c5sc(N)c(C#N)c45)c(Cl)cc23)C1. The Morgan fingerprint density at radius 1 is 1.18 bits per heavy atom. The van der Waals surface area contributed by atoms with Crippen LogP contribution in [-0.4, -0.2) is 59.4 Å². The minimum absolute atomic E-state index is 0.00621. The number of nitrogens with two attached hydrogens (primary N) is 1. The summed E-state index contributed by atoms with van der Waals surface area (Å²) in [4.78, 5) is 13.7. The van der Waals surface area contributed by atoms with Gasteiger partial charge in [-0.3, -0.25) is 4.90 Å².